The predicted octanol–water partition coefficient (Wildman–Crippen LogP) is 0.356. The molecule has 1 rings (SSSR count). The highest BCUT2D eigenvalue weighted by molar-refractivity contribution is 7.89. The highest BCUT2D eigenvalue weighted by Gasteiger charge is 2.18. The Balaban J connectivity index is 3.13. The smallest absolute Gasteiger partial charge is 0.240 e. The molecule has 0 saturated carbocycles. The Bertz CT molecular complexity index is 551. The Labute approximate surface area is 98.6 Å². The number of rotatable bonds is 4. The van der Waals surface area contributed by atoms with E-state index in [0.717, 1.165) is 18.2 Å². The summed E-state index contributed by atoms with van der Waals surface area (Å²) in [6.45, 7) is 1.12. The molecule has 0 radical (unpaired) electrons. The van der Waals surface area contributed by atoms with Crippen LogP contribution >= 0.6 is 0 Å². The number of hydrogen-bond donors (Lipinski definition) is 2. The number of halogens is 1. The monoisotopic (exact) mass is 258 g/mol. The summed E-state index contributed by atoms with van der Waals surface area (Å²) in [4.78, 5) is -0.212. The molecule has 0 aliphatic heterocycles. The van der Waals surface area contributed by atoms with Crippen LogP contribution in [-0.4, -0.2) is 26.2 Å². The quantitative estimate of drug-likeness (QED) is 0.815. The molecule has 2 N–H and O–H groups in total. The first-order chi connectivity index (χ1) is 7.90. The van der Waals surface area contributed by atoms with Gasteiger partial charge in [-0.1, -0.05) is 0 Å². The lowest BCUT2D eigenvalue weighted by atomic mass is 10.2. The number of nitriles is 1. The van der Waals surface area contributed by atoms with E-state index in [4.69, 9.17) is 10.4 Å². The Morgan fingerprint density at radius 2 is 2.24 bits per heavy atom. The molecule has 1 aromatic carbocycles. The van der Waals surface area contributed by atoms with Crippen LogP contribution in [-0.2, 0) is 10.0 Å². The normalized spacial score (nSPS) is 13.1. The van der Waals surface area contributed by atoms with Gasteiger partial charge in [0.2, 0.25) is 10.0 Å². The summed E-state index contributed by atoms with van der Waals surface area (Å²) in [7, 11) is -3.85. The fourth-order valence-electron chi connectivity index (χ4n) is 1.13. The standard InChI is InChI=1S/C10H11FN2O3S/c1-7(6-14)13-17(15,16)9-2-3-10(11)8(4-9)5-12/h2-4,7,13-14H,6H2,1H3. The SMILES string of the molecule is CC(CO)NS(=O)(=O)c1ccc(F)c(C#N)c1. The number of aliphatic hydroxyl groups is 1. The first-order valence-corrected chi connectivity index (χ1v) is 6.22. The molecule has 0 fully saturated rings. The van der Waals surface area contributed by atoms with Gasteiger partial charge in [0.15, 0.2) is 0 Å². The minimum absolute atomic E-state index is 0.212. The van der Waals surface area contributed by atoms with Gasteiger partial charge >= 0.3 is 0 Å². The lowest BCUT2D eigenvalue weighted by molar-refractivity contribution is 0.265. The lowest BCUT2D eigenvalue weighted by Crippen LogP contribution is -2.35. The number of nitrogens with zero attached hydrogens (tertiary/aromatic N) is 1. The summed E-state index contributed by atoms with van der Waals surface area (Å²) in [5.41, 5.74) is -0.343. The molecule has 1 atom stereocenters. The zero-order chi connectivity index (χ0) is 13.1. The molecule has 17 heavy (non-hydrogen) atoms. The lowest BCUT2D eigenvalue weighted by Gasteiger charge is -2.11. The van der Waals surface area contributed by atoms with Crippen molar-refractivity contribution in [2.45, 2.75) is 17.9 Å². The van der Waals surface area contributed by atoms with Gasteiger partial charge in [-0.3, -0.25) is 0 Å². The zero-order valence-electron chi connectivity index (χ0n) is 9.01. The van der Waals surface area contributed by atoms with Crippen molar-refractivity contribution in [3.8, 4) is 6.07 Å². The fraction of sp³-hybridized carbons (Fsp3) is 0.300. The van der Waals surface area contributed by atoms with Crippen LogP contribution < -0.4 is 4.72 Å². The minimum atomic E-state index is -3.85. The Hall–Kier alpha value is -1.49. The van der Waals surface area contributed by atoms with E-state index in [-0.39, 0.29) is 17.1 Å². The van der Waals surface area contributed by atoms with Gasteiger partial charge in [-0.15, -0.1) is 0 Å². The second kappa shape index (κ2) is 5.23. The molecule has 92 valence electrons. The van der Waals surface area contributed by atoms with Crippen molar-refractivity contribution >= 4 is 10.0 Å². The molecule has 0 amide bonds. The summed E-state index contributed by atoms with van der Waals surface area (Å²) < 4.78 is 38.6. The molecule has 0 bridgehead atoms. The second-order valence-electron chi connectivity index (χ2n) is 3.46. The summed E-state index contributed by atoms with van der Waals surface area (Å²) in [6.07, 6.45) is 0. The maximum absolute atomic E-state index is 13.0. The van der Waals surface area contributed by atoms with Crippen molar-refractivity contribution in [2.75, 3.05) is 6.61 Å². The first kappa shape index (κ1) is 13.6. The number of nitrogens with one attached hydrogen (secondary N) is 1. The highest BCUT2D eigenvalue weighted by atomic mass is 32.2. The molecule has 0 aliphatic carbocycles. The Morgan fingerprint density at radius 3 is 2.76 bits per heavy atom. The Kier molecular flexibility index (Phi) is 4.17. The average Bonchev–Trinajstić information content (AvgIpc) is 2.28. The largest absolute Gasteiger partial charge is 0.395 e. The highest BCUT2D eigenvalue weighted by Crippen LogP contribution is 2.14. The van der Waals surface area contributed by atoms with Crippen LogP contribution in [0.25, 0.3) is 0 Å². The average molecular weight is 258 g/mol. The summed E-state index contributed by atoms with van der Waals surface area (Å²) in [5.74, 6) is -0.776. The van der Waals surface area contributed by atoms with Crippen molar-refractivity contribution in [1.82, 2.24) is 4.72 Å². The Morgan fingerprint density at radius 1 is 1.59 bits per heavy atom. The van der Waals surface area contributed by atoms with Crippen LogP contribution in [0.4, 0.5) is 4.39 Å². The van der Waals surface area contributed by atoms with E-state index in [0.29, 0.717) is 0 Å². The van der Waals surface area contributed by atoms with Crippen LogP contribution in [0.2, 0.25) is 0 Å². The van der Waals surface area contributed by atoms with E-state index in [2.05, 4.69) is 4.72 Å². The number of aliphatic hydroxyl groups excluding tert-OH is 1. The van der Waals surface area contributed by atoms with Gasteiger partial charge in [0.1, 0.15) is 11.9 Å². The number of benzene rings is 1. The molecule has 1 unspecified atom stereocenters. The molecule has 0 aromatic heterocycles. The third-order valence-electron chi connectivity index (χ3n) is 2.00. The number of hydrogen-bond acceptors (Lipinski definition) is 4. The van der Waals surface area contributed by atoms with Gasteiger partial charge in [0.05, 0.1) is 17.1 Å². The molecule has 0 heterocycles. The molecular weight excluding hydrogens is 247 g/mol. The number of sulfonamides is 1. The van der Waals surface area contributed by atoms with E-state index in [1.54, 1.807) is 6.07 Å². The molecule has 1 aromatic rings. The first-order valence-electron chi connectivity index (χ1n) is 4.73. The predicted molar refractivity (Wildman–Crippen MR) is 58.0 cm³/mol. The molecular formula is C10H11FN2O3S. The van der Waals surface area contributed by atoms with Crippen LogP contribution in [0.3, 0.4) is 0 Å². The molecule has 0 spiro atoms. The second-order valence-corrected chi connectivity index (χ2v) is 5.17. The van der Waals surface area contributed by atoms with Crippen molar-refractivity contribution < 1.29 is 17.9 Å². The molecule has 0 saturated heterocycles. The minimum Gasteiger partial charge on any atom is -0.395 e. The van der Waals surface area contributed by atoms with E-state index in [9.17, 15) is 12.8 Å². The van der Waals surface area contributed by atoms with Gasteiger partial charge in [0, 0.05) is 6.04 Å². The molecule has 5 nitrogen and oxygen atoms in total. The van der Waals surface area contributed by atoms with E-state index in [1.807, 2.05) is 0 Å². The third kappa shape index (κ3) is 3.23. The van der Waals surface area contributed by atoms with Gasteiger partial charge < -0.3 is 5.11 Å². The molecule has 7 heteroatoms. The van der Waals surface area contributed by atoms with Gasteiger partial charge in [-0.2, -0.15) is 5.26 Å². The fourth-order valence-corrected chi connectivity index (χ4v) is 2.39. The van der Waals surface area contributed by atoms with E-state index in [1.165, 1.54) is 6.92 Å². The van der Waals surface area contributed by atoms with E-state index >= 15 is 0 Å². The topological polar surface area (TPSA) is 90.2 Å². The summed E-state index contributed by atoms with van der Waals surface area (Å²) in [6, 6.07) is 3.82. The maximum Gasteiger partial charge on any atom is 0.240 e. The van der Waals surface area contributed by atoms with Crippen LogP contribution in [0.15, 0.2) is 23.1 Å². The van der Waals surface area contributed by atoms with E-state index < -0.39 is 21.9 Å². The maximum atomic E-state index is 13.0. The van der Waals surface area contributed by atoms with Crippen molar-refractivity contribution in [2.24, 2.45) is 0 Å². The van der Waals surface area contributed by atoms with Crippen LogP contribution in [0.5, 0.6) is 0 Å². The van der Waals surface area contributed by atoms with Crippen LogP contribution in [0.1, 0.15) is 12.5 Å². The van der Waals surface area contributed by atoms with Crippen LogP contribution in [0, 0.1) is 17.1 Å². The molecule has 0 aliphatic rings. The van der Waals surface area contributed by atoms with Gasteiger partial charge in [-0.05, 0) is 25.1 Å². The van der Waals surface area contributed by atoms with Crippen molar-refractivity contribution in [1.29, 1.82) is 5.26 Å². The van der Waals surface area contributed by atoms with Crippen molar-refractivity contribution in [3.05, 3.63) is 29.6 Å². The summed E-state index contributed by atoms with van der Waals surface area (Å²) >= 11 is 0. The summed E-state index contributed by atoms with van der Waals surface area (Å²) in [5, 5.41) is 17.3. The van der Waals surface area contributed by atoms with Crippen molar-refractivity contribution in [3.63, 3.8) is 0 Å². The van der Waals surface area contributed by atoms with Gasteiger partial charge in [0.25, 0.3) is 0 Å². The third-order valence-corrected chi connectivity index (χ3v) is 3.59. The zero-order valence-corrected chi connectivity index (χ0v) is 9.83. The van der Waals surface area contributed by atoms with Gasteiger partial charge in [-0.25, -0.2) is 17.5 Å².